The third-order valence-electron chi connectivity index (χ3n) is 3.57. The maximum Gasteiger partial charge on any atom is 0.303 e. The summed E-state index contributed by atoms with van der Waals surface area (Å²) in [5.41, 5.74) is 2.46. The van der Waals surface area contributed by atoms with Crippen LogP contribution in [0.4, 0.5) is 5.69 Å². The van der Waals surface area contributed by atoms with Crippen molar-refractivity contribution in [3.8, 4) is 0 Å². The smallest absolute Gasteiger partial charge is 0.303 e. The number of rotatable bonds is 4. The highest BCUT2D eigenvalue weighted by Gasteiger charge is 2.23. The molecule has 4 heteroatoms. The van der Waals surface area contributed by atoms with E-state index in [9.17, 15) is 4.79 Å². The van der Waals surface area contributed by atoms with Gasteiger partial charge in [0.05, 0.1) is 0 Å². The van der Waals surface area contributed by atoms with E-state index in [1.54, 1.807) is 0 Å². The van der Waals surface area contributed by atoms with Crippen molar-refractivity contribution in [1.29, 1.82) is 0 Å². The first-order valence-corrected chi connectivity index (χ1v) is 7.08. The Kier molecular flexibility index (Phi) is 4.27. The molecule has 2 rings (SSSR count). The lowest BCUT2D eigenvalue weighted by Crippen LogP contribution is -2.19. The van der Waals surface area contributed by atoms with Gasteiger partial charge in [0.2, 0.25) is 0 Å². The van der Waals surface area contributed by atoms with Gasteiger partial charge in [-0.2, -0.15) is 0 Å². The van der Waals surface area contributed by atoms with E-state index in [1.807, 2.05) is 0 Å². The number of halogens is 1. The topological polar surface area (TPSA) is 40.5 Å². The van der Waals surface area contributed by atoms with Gasteiger partial charge in [-0.3, -0.25) is 4.79 Å². The van der Waals surface area contributed by atoms with Gasteiger partial charge in [0, 0.05) is 29.7 Å². The highest BCUT2D eigenvalue weighted by molar-refractivity contribution is 9.10. The molecule has 1 N–H and O–H groups in total. The highest BCUT2D eigenvalue weighted by atomic mass is 79.9. The van der Waals surface area contributed by atoms with Crippen LogP contribution in [-0.4, -0.2) is 24.2 Å². The molecule has 1 saturated heterocycles. The van der Waals surface area contributed by atoms with Gasteiger partial charge < -0.3 is 10.0 Å². The van der Waals surface area contributed by atoms with Crippen molar-refractivity contribution in [3.05, 3.63) is 28.2 Å². The molecule has 1 unspecified atom stereocenters. The second-order valence-corrected chi connectivity index (χ2v) is 5.82. The van der Waals surface area contributed by atoms with E-state index in [2.05, 4.69) is 46.0 Å². The zero-order chi connectivity index (χ0) is 13.1. The van der Waals surface area contributed by atoms with Gasteiger partial charge in [0.25, 0.3) is 0 Å². The molecular weight excluding hydrogens is 294 g/mol. The lowest BCUT2D eigenvalue weighted by Gasteiger charge is -2.19. The molecule has 0 aromatic heterocycles. The number of aliphatic carboxylic acids is 1. The Morgan fingerprint density at radius 3 is 3.00 bits per heavy atom. The molecule has 1 atom stereocenters. The molecule has 0 saturated carbocycles. The van der Waals surface area contributed by atoms with E-state index in [-0.39, 0.29) is 6.42 Å². The Labute approximate surface area is 116 Å². The molecule has 0 bridgehead atoms. The molecule has 1 aromatic rings. The maximum atomic E-state index is 10.6. The van der Waals surface area contributed by atoms with Crippen molar-refractivity contribution < 1.29 is 9.90 Å². The average Bonchev–Trinajstić information content (AvgIpc) is 2.79. The lowest BCUT2D eigenvalue weighted by atomic mass is 10.0. The van der Waals surface area contributed by atoms with Crippen LogP contribution in [0.5, 0.6) is 0 Å². The summed E-state index contributed by atoms with van der Waals surface area (Å²) in [4.78, 5) is 12.9. The van der Waals surface area contributed by atoms with Gasteiger partial charge in [0.15, 0.2) is 0 Å². The minimum absolute atomic E-state index is 0.288. The van der Waals surface area contributed by atoms with Crippen LogP contribution >= 0.6 is 15.9 Å². The molecule has 1 aliphatic heterocycles. The van der Waals surface area contributed by atoms with E-state index >= 15 is 0 Å². The molecule has 1 heterocycles. The van der Waals surface area contributed by atoms with Crippen molar-refractivity contribution in [2.24, 2.45) is 5.92 Å². The molecule has 0 radical (unpaired) electrons. The monoisotopic (exact) mass is 311 g/mol. The minimum atomic E-state index is -0.688. The van der Waals surface area contributed by atoms with E-state index < -0.39 is 5.97 Å². The first-order valence-electron chi connectivity index (χ1n) is 6.29. The second kappa shape index (κ2) is 5.74. The lowest BCUT2D eigenvalue weighted by molar-refractivity contribution is -0.137. The Bertz CT molecular complexity index is 447. The Balaban J connectivity index is 1.95. The fraction of sp³-hybridized carbons (Fsp3) is 0.500. The number of hydrogen-bond donors (Lipinski definition) is 1. The summed E-state index contributed by atoms with van der Waals surface area (Å²) < 4.78 is 1.13. The van der Waals surface area contributed by atoms with Crippen LogP contribution in [-0.2, 0) is 4.79 Å². The van der Waals surface area contributed by atoms with Gasteiger partial charge >= 0.3 is 5.97 Å². The second-order valence-electron chi connectivity index (χ2n) is 4.97. The van der Waals surface area contributed by atoms with Crippen LogP contribution in [0.2, 0.25) is 0 Å². The van der Waals surface area contributed by atoms with Crippen molar-refractivity contribution in [2.75, 3.05) is 18.0 Å². The largest absolute Gasteiger partial charge is 0.481 e. The zero-order valence-corrected chi connectivity index (χ0v) is 12.1. The van der Waals surface area contributed by atoms with E-state index in [0.717, 1.165) is 30.4 Å². The highest BCUT2D eigenvalue weighted by Crippen LogP contribution is 2.29. The summed E-state index contributed by atoms with van der Waals surface area (Å²) in [7, 11) is 0. The van der Waals surface area contributed by atoms with Crippen LogP contribution < -0.4 is 4.90 Å². The molecule has 1 fully saturated rings. The quantitative estimate of drug-likeness (QED) is 0.926. The van der Waals surface area contributed by atoms with Gasteiger partial charge in [-0.1, -0.05) is 22.0 Å². The third kappa shape index (κ3) is 3.25. The van der Waals surface area contributed by atoms with Crippen molar-refractivity contribution >= 4 is 27.6 Å². The van der Waals surface area contributed by atoms with E-state index in [4.69, 9.17) is 5.11 Å². The molecule has 18 heavy (non-hydrogen) atoms. The number of aryl methyl sites for hydroxylation is 1. The van der Waals surface area contributed by atoms with Gasteiger partial charge in [0.1, 0.15) is 0 Å². The summed E-state index contributed by atoms with van der Waals surface area (Å²) in [5, 5.41) is 8.70. The summed E-state index contributed by atoms with van der Waals surface area (Å²) >= 11 is 3.55. The Hall–Kier alpha value is -1.03. The number of carboxylic acids is 1. The minimum Gasteiger partial charge on any atom is -0.481 e. The van der Waals surface area contributed by atoms with Crippen LogP contribution in [0.1, 0.15) is 24.8 Å². The number of nitrogens with zero attached hydrogens (tertiary/aromatic N) is 1. The first-order chi connectivity index (χ1) is 8.56. The number of benzene rings is 1. The van der Waals surface area contributed by atoms with Gasteiger partial charge in [-0.25, -0.2) is 0 Å². The average molecular weight is 312 g/mol. The van der Waals surface area contributed by atoms with Gasteiger partial charge in [-0.15, -0.1) is 0 Å². The van der Waals surface area contributed by atoms with Crippen LogP contribution in [0.15, 0.2) is 22.7 Å². The fourth-order valence-corrected chi connectivity index (χ4v) is 2.78. The molecule has 0 aliphatic carbocycles. The van der Waals surface area contributed by atoms with Crippen molar-refractivity contribution in [3.63, 3.8) is 0 Å². The van der Waals surface area contributed by atoms with E-state index in [0.29, 0.717) is 5.92 Å². The first kappa shape index (κ1) is 13.4. The summed E-state index contributed by atoms with van der Waals surface area (Å²) in [5.74, 6) is -0.173. The van der Waals surface area contributed by atoms with Crippen LogP contribution in [0.25, 0.3) is 0 Å². The molecule has 1 aliphatic rings. The number of anilines is 1. The summed E-state index contributed by atoms with van der Waals surface area (Å²) in [6.45, 7) is 4.08. The standard InChI is InChI=1S/C14H18BrNO2/c1-10-2-4-12(8-13(10)15)16-7-6-11(9-16)3-5-14(17)18/h2,4,8,11H,3,5-7,9H2,1H3,(H,17,18). The fourth-order valence-electron chi connectivity index (χ4n) is 2.41. The molecule has 0 spiro atoms. The molecule has 98 valence electrons. The van der Waals surface area contributed by atoms with Crippen molar-refractivity contribution in [1.82, 2.24) is 0 Å². The molecule has 0 amide bonds. The molecule has 3 nitrogen and oxygen atoms in total. The molecular formula is C14H18BrNO2. The summed E-state index contributed by atoms with van der Waals surface area (Å²) in [6.07, 6.45) is 2.17. The maximum absolute atomic E-state index is 10.6. The van der Waals surface area contributed by atoms with Crippen LogP contribution in [0.3, 0.4) is 0 Å². The van der Waals surface area contributed by atoms with E-state index in [1.165, 1.54) is 11.3 Å². The Morgan fingerprint density at radius 1 is 1.56 bits per heavy atom. The zero-order valence-electron chi connectivity index (χ0n) is 10.5. The SMILES string of the molecule is Cc1ccc(N2CCC(CCC(=O)O)C2)cc1Br. The van der Waals surface area contributed by atoms with Crippen molar-refractivity contribution in [2.45, 2.75) is 26.2 Å². The van der Waals surface area contributed by atoms with Gasteiger partial charge in [-0.05, 0) is 43.4 Å². The number of hydrogen-bond acceptors (Lipinski definition) is 2. The Morgan fingerprint density at radius 2 is 2.33 bits per heavy atom. The third-order valence-corrected chi connectivity index (χ3v) is 4.43. The summed E-state index contributed by atoms with van der Waals surface area (Å²) in [6, 6.07) is 6.40. The number of carbonyl (C=O) groups is 1. The predicted molar refractivity (Wildman–Crippen MR) is 76.1 cm³/mol. The predicted octanol–water partition coefficient (Wildman–Crippen LogP) is 3.45. The number of carboxylic acid groups (broad SMARTS) is 1. The molecule has 1 aromatic carbocycles. The normalized spacial score (nSPS) is 19.2. The van der Waals surface area contributed by atoms with Crippen LogP contribution in [0, 0.1) is 12.8 Å².